The lowest BCUT2D eigenvalue weighted by Crippen LogP contribution is -2.64. The van der Waals surface area contributed by atoms with Gasteiger partial charge in [0.1, 0.15) is 0 Å². The van der Waals surface area contributed by atoms with Gasteiger partial charge in [-0.3, -0.25) is 4.90 Å². The molecule has 218 valence electrons. The van der Waals surface area contributed by atoms with Gasteiger partial charge in [-0.25, -0.2) is 8.42 Å². The van der Waals surface area contributed by atoms with Gasteiger partial charge < -0.3 is 9.80 Å². The second kappa shape index (κ2) is 12.3. The molecule has 0 bridgehead atoms. The Kier molecular flexibility index (Phi) is 8.48. The largest absolute Gasteiger partial charge is 0.368 e. The Balaban J connectivity index is 1.24. The van der Waals surface area contributed by atoms with E-state index in [2.05, 4.69) is 39.8 Å². The minimum absolute atomic E-state index is 0.102. The summed E-state index contributed by atoms with van der Waals surface area (Å²) in [5, 5.41) is 1.34. The predicted octanol–water partition coefficient (Wildman–Crippen LogP) is 6.63. The molecule has 0 N–H and O–H groups in total. The summed E-state index contributed by atoms with van der Waals surface area (Å²) in [4.78, 5) is 7.36. The monoisotopic (exact) mass is 620 g/mol. The summed E-state index contributed by atoms with van der Waals surface area (Å²) < 4.78 is 29.5. The van der Waals surface area contributed by atoms with Crippen molar-refractivity contribution >= 4 is 44.6 Å². The maximum atomic E-state index is 13.9. The van der Waals surface area contributed by atoms with Gasteiger partial charge in [-0.2, -0.15) is 4.31 Å². The topological polar surface area (TPSA) is 47.1 Å². The lowest BCUT2D eigenvalue weighted by Gasteiger charge is -2.49. The minimum Gasteiger partial charge on any atom is -0.368 e. The molecule has 0 aliphatic carbocycles. The Bertz CT molecular complexity index is 1640. The Hall–Kier alpha value is -3.07. The van der Waals surface area contributed by atoms with Crippen molar-refractivity contribution in [1.29, 1.82) is 0 Å². The summed E-state index contributed by atoms with van der Waals surface area (Å²) in [5.41, 5.74) is 5.32. The fourth-order valence-corrected chi connectivity index (χ4v) is 7.86. The summed E-state index contributed by atoms with van der Waals surface area (Å²) in [6.45, 7) is 6.61. The number of halogens is 2. The molecule has 1 unspecified atom stereocenters. The molecule has 6 rings (SSSR count). The average Bonchev–Trinajstić information content (AvgIpc) is 3.03. The first-order chi connectivity index (χ1) is 20.3. The molecular weight excluding hydrogens is 587 g/mol. The van der Waals surface area contributed by atoms with Crippen LogP contribution in [0.15, 0.2) is 102 Å². The molecule has 4 aromatic carbocycles. The molecule has 4 aromatic rings. The van der Waals surface area contributed by atoms with Gasteiger partial charge in [0.2, 0.25) is 10.0 Å². The highest BCUT2D eigenvalue weighted by atomic mass is 35.5. The third-order valence-corrected chi connectivity index (χ3v) is 10.8. The molecule has 6 nitrogen and oxygen atoms in total. The van der Waals surface area contributed by atoms with Gasteiger partial charge in [0, 0.05) is 56.5 Å². The Morgan fingerprint density at radius 3 is 2.07 bits per heavy atom. The number of benzene rings is 4. The van der Waals surface area contributed by atoms with E-state index in [9.17, 15) is 8.42 Å². The summed E-state index contributed by atoms with van der Waals surface area (Å²) in [7, 11) is -3.67. The summed E-state index contributed by atoms with van der Waals surface area (Å²) in [6, 6.07) is 31.1. The van der Waals surface area contributed by atoms with Crippen molar-refractivity contribution in [2.24, 2.45) is 0 Å². The van der Waals surface area contributed by atoms with Crippen LogP contribution in [0.5, 0.6) is 0 Å². The highest BCUT2D eigenvalue weighted by Crippen LogP contribution is 2.33. The van der Waals surface area contributed by atoms with E-state index in [4.69, 9.17) is 23.2 Å². The maximum absolute atomic E-state index is 13.9. The summed E-state index contributed by atoms with van der Waals surface area (Å²) in [6.07, 6.45) is -0.102. The maximum Gasteiger partial charge on any atom is 0.243 e. The number of sulfonamides is 1. The molecular formula is C33H34Cl2N4O2S. The van der Waals surface area contributed by atoms with E-state index >= 15 is 0 Å². The molecule has 2 aliphatic rings. The molecule has 0 saturated carbocycles. The highest BCUT2D eigenvalue weighted by molar-refractivity contribution is 7.89. The van der Waals surface area contributed by atoms with Crippen molar-refractivity contribution in [1.82, 2.24) is 9.21 Å². The van der Waals surface area contributed by atoms with Crippen LogP contribution in [0.2, 0.25) is 10.0 Å². The molecule has 1 atom stereocenters. The van der Waals surface area contributed by atoms with E-state index in [1.807, 2.05) is 60.7 Å². The summed E-state index contributed by atoms with van der Waals surface area (Å²) in [5.74, 6) is 0. The lowest BCUT2D eigenvalue weighted by molar-refractivity contribution is 0.137. The first-order valence-electron chi connectivity index (χ1n) is 14.2. The lowest BCUT2D eigenvalue weighted by atomic mass is 10.1. The number of hydrogen-bond donors (Lipinski definition) is 0. The molecule has 2 fully saturated rings. The minimum atomic E-state index is -3.67. The smallest absolute Gasteiger partial charge is 0.243 e. The van der Waals surface area contributed by atoms with Crippen molar-refractivity contribution in [2.45, 2.75) is 18.0 Å². The Morgan fingerprint density at radius 2 is 1.36 bits per heavy atom. The third kappa shape index (κ3) is 5.90. The van der Waals surface area contributed by atoms with Gasteiger partial charge in [-0.05, 0) is 60.0 Å². The van der Waals surface area contributed by atoms with Crippen LogP contribution in [-0.2, 0) is 10.0 Å². The van der Waals surface area contributed by atoms with Gasteiger partial charge in [0.15, 0.2) is 0 Å². The fourth-order valence-electron chi connectivity index (χ4n) is 6.03. The zero-order valence-corrected chi connectivity index (χ0v) is 25.9. The highest BCUT2D eigenvalue weighted by Gasteiger charge is 2.38. The molecule has 2 aliphatic heterocycles. The van der Waals surface area contributed by atoms with E-state index in [0.29, 0.717) is 34.6 Å². The molecule has 42 heavy (non-hydrogen) atoms. The standard InChI is InChI=1S/C33H34Cl2N4O2S/c1-25-7-5-6-10-31(25)39-22-21-38(42(40,41)29-14-11-27(12-15-29)26-8-3-2-4-9-26)24-33(39)37-19-17-36(18-20-37)32-23-28(34)13-16-30(32)35/h2-16,23,33H,17-22,24H2,1H3. The van der Waals surface area contributed by atoms with Crippen LogP contribution < -0.4 is 9.80 Å². The van der Waals surface area contributed by atoms with Crippen LogP contribution in [0.1, 0.15) is 5.56 Å². The first-order valence-corrected chi connectivity index (χ1v) is 16.4. The normalized spacial score (nSPS) is 18.8. The molecule has 0 radical (unpaired) electrons. The Morgan fingerprint density at radius 1 is 0.690 bits per heavy atom. The molecule has 2 saturated heterocycles. The van der Waals surface area contributed by atoms with Crippen molar-refractivity contribution in [3.63, 3.8) is 0 Å². The van der Waals surface area contributed by atoms with Gasteiger partial charge >= 0.3 is 0 Å². The second-order valence-electron chi connectivity index (χ2n) is 10.8. The molecule has 0 amide bonds. The number of para-hydroxylation sites is 1. The Labute approximate surface area is 258 Å². The molecule has 9 heteroatoms. The number of rotatable bonds is 6. The van der Waals surface area contributed by atoms with Crippen molar-refractivity contribution in [3.05, 3.63) is 113 Å². The van der Waals surface area contributed by atoms with Crippen molar-refractivity contribution in [2.75, 3.05) is 55.6 Å². The number of piperazine rings is 2. The predicted molar refractivity (Wildman–Crippen MR) is 173 cm³/mol. The molecule has 0 spiro atoms. The van der Waals surface area contributed by atoms with Crippen LogP contribution in [-0.4, -0.2) is 69.6 Å². The van der Waals surface area contributed by atoms with Gasteiger partial charge in [-0.1, -0.05) is 83.9 Å². The molecule has 0 aromatic heterocycles. The van der Waals surface area contributed by atoms with Crippen molar-refractivity contribution < 1.29 is 8.42 Å². The van der Waals surface area contributed by atoms with Crippen molar-refractivity contribution in [3.8, 4) is 11.1 Å². The SMILES string of the molecule is Cc1ccccc1N1CCN(S(=O)(=O)c2ccc(-c3ccccc3)cc2)CC1N1CCN(c2cc(Cl)ccc2Cl)CC1. The van der Waals surface area contributed by atoms with Gasteiger partial charge in [-0.15, -0.1) is 0 Å². The summed E-state index contributed by atoms with van der Waals surface area (Å²) >= 11 is 12.8. The van der Waals surface area contributed by atoms with Gasteiger partial charge in [0.05, 0.1) is 21.8 Å². The van der Waals surface area contributed by atoms with Crippen LogP contribution in [0.3, 0.4) is 0 Å². The van der Waals surface area contributed by atoms with E-state index in [1.54, 1.807) is 22.5 Å². The zero-order chi connectivity index (χ0) is 29.3. The fraction of sp³-hybridized carbons (Fsp3) is 0.273. The van der Waals surface area contributed by atoms with Crippen LogP contribution >= 0.6 is 23.2 Å². The molecule has 2 heterocycles. The van der Waals surface area contributed by atoms with E-state index in [-0.39, 0.29) is 6.17 Å². The zero-order valence-electron chi connectivity index (χ0n) is 23.5. The van der Waals surface area contributed by atoms with Gasteiger partial charge in [0.25, 0.3) is 0 Å². The number of anilines is 2. The van der Waals surface area contributed by atoms with Crippen LogP contribution in [0.4, 0.5) is 11.4 Å². The second-order valence-corrected chi connectivity index (χ2v) is 13.6. The quantitative estimate of drug-likeness (QED) is 0.242. The van der Waals surface area contributed by atoms with E-state index in [1.165, 1.54) is 5.56 Å². The van der Waals surface area contributed by atoms with Crippen LogP contribution in [0, 0.1) is 6.92 Å². The number of nitrogens with zero attached hydrogens (tertiary/aromatic N) is 4. The number of hydrogen-bond acceptors (Lipinski definition) is 5. The third-order valence-electron chi connectivity index (χ3n) is 8.33. The van der Waals surface area contributed by atoms with Crippen LogP contribution in [0.25, 0.3) is 11.1 Å². The van der Waals surface area contributed by atoms with E-state index < -0.39 is 10.0 Å². The first kappa shape index (κ1) is 29.0. The average molecular weight is 622 g/mol. The number of aryl methyl sites for hydroxylation is 1. The van der Waals surface area contributed by atoms with E-state index in [0.717, 1.165) is 48.7 Å².